The molecule has 3 rings (SSSR count). The lowest BCUT2D eigenvalue weighted by molar-refractivity contribution is -0.137. The number of carbonyl (C=O) groups is 2. The summed E-state index contributed by atoms with van der Waals surface area (Å²) in [6.07, 6.45) is 6.87. The number of hydrogen-bond donors (Lipinski definition) is 2. The second kappa shape index (κ2) is 8.33. The minimum absolute atomic E-state index is 0.278. The van der Waals surface area contributed by atoms with Crippen molar-refractivity contribution >= 4 is 28.9 Å². The molecule has 136 valence electrons. The molecule has 0 aliphatic heterocycles. The van der Waals surface area contributed by atoms with E-state index in [1.807, 2.05) is 18.2 Å². The van der Waals surface area contributed by atoms with Crippen LogP contribution in [0, 0.1) is 0 Å². The van der Waals surface area contributed by atoms with E-state index in [0.717, 1.165) is 21.7 Å². The van der Waals surface area contributed by atoms with Crippen LogP contribution in [-0.4, -0.2) is 32.1 Å². The summed E-state index contributed by atoms with van der Waals surface area (Å²) in [4.78, 5) is 32.8. The van der Waals surface area contributed by atoms with E-state index in [4.69, 9.17) is 5.73 Å². The number of amides is 1. The van der Waals surface area contributed by atoms with E-state index in [2.05, 4.69) is 26.2 Å². The second-order valence-corrected chi connectivity index (χ2v) is 6.55. The predicted molar refractivity (Wildman–Crippen MR) is 103 cm³/mol. The molecule has 3 aromatic heterocycles. The topological polar surface area (TPSA) is 111 Å². The Hall–Kier alpha value is -3.39. The van der Waals surface area contributed by atoms with Gasteiger partial charge in [-0.15, -0.1) is 0 Å². The van der Waals surface area contributed by atoms with Gasteiger partial charge in [-0.2, -0.15) is 4.37 Å². The van der Waals surface area contributed by atoms with E-state index in [9.17, 15) is 9.59 Å². The standard InChI is InChI=1S/C19H17N5O2S/c1-12(14-11-23-27-18(14)15-4-2-3-7-22-15)24-16(17(25)19(20)26)10-13-5-8-21-9-6-13/h2-9,11,16,24H,1,10H2,(H2,20,26). The Morgan fingerprint density at radius 3 is 2.63 bits per heavy atom. The summed E-state index contributed by atoms with van der Waals surface area (Å²) in [6, 6.07) is 8.29. The quantitative estimate of drug-likeness (QED) is 0.578. The first-order valence-electron chi connectivity index (χ1n) is 8.10. The lowest BCUT2D eigenvalue weighted by Crippen LogP contribution is -2.44. The average molecular weight is 379 g/mol. The SMILES string of the molecule is C=C(NC(Cc1ccncc1)C(=O)C(N)=O)c1cnsc1-c1ccccn1. The largest absolute Gasteiger partial charge is 0.374 e. The second-order valence-electron chi connectivity index (χ2n) is 5.75. The highest BCUT2D eigenvalue weighted by Crippen LogP contribution is 2.29. The monoisotopic (exact) mass is 379 g/mol. The highest BCUT2D eigenvalue weighted by atomic mass is 32.1. The van der Waals surface area contributed by atoms with Crippen molar-refractivity contribution in [2.45, 2.75) is 12.5 Å². The zero-order chi connectivity index (χ0) is 19.2. The minimum atomic E-state index is -0.997. The van der Waals surface area contributed by atoms with Crippen molar-refractivity contribution in [1.82, 2.24) is 19.7 Å². The molecule has 0 aliphatic carbocycles. The zero-order valence-electron chi connectivity index (χ0n) is 14.3. The van der Waals surface area contributed by atoms with Crippen molar-refractivity contribution in [2.24, 2.45) is 5.73 Å². The highest BCUT2D eigenvalue weighted by molar-refractivity contribution is 7.09. The van der Waals surface area contributed by atoms with Crippen LogP contribution in [0.1, 0.15) is 11.1 Å². The van der Waals surface area contributed by atoms with E-state index >= 15 is 0 Å². The normalized spacial score (nSPS) is 11.6. The summed E-state index contributed by atoms with van der Waals surface area (Å²) < 4.78 is 4.21. The lowest BCUT2D eigenvalue weighted by atomic mass is 10.0. The number of carbonyl (C=O) groups excluding carboxylic acids is 2. The fourth-order valence-corrected chi connectivity index (χ4v) is 3.31. The van der Waals surface area contributed by atoms with Crippen molar-refractivity contribution in [2.75, 3.05) is 0 Å². The van der Waals surface area contributed by atoms with E-state index in [-0.39, 0.29) is 6.42 Å². The van der Waals surface area contributed by atoms with Crippen LogP contribution in [0.25, 0.3) is 16.3 Å². The number of Topliss-reactive ketones (excluding diaryl/α,β-unsaturated/α-hetero) is 1. The number of aromatic nitrogens is 3. The number of nitrogens with two attached hydrogens (primary N) is 1. The molecule has 1 amide bonds. The Morgan fingerprint density at radius 1 is 1.19 bits per heavy atom. The van der Waals surface area contributed by atoms with Crippen LogP contribution in [-0.2, 0) is 16.0 Å². The molecule has 27 heavy (non-hydrogen) atoms. The molecule has 3 aromatic rings. The zero-order valence-corrected chi connectivity index (χ0v) is 15.1. The van der Waals surface area contributed by atoms with E-state index < -0.39 is 17.7 Å². The number of hydrogen-bond acceptors (Lipinski definition) is 7. The predicted octanol–water partition coefficient (Wildman–Crippen LogP) is 1.83. The van der Waals surface area contributed by atoms with Crippen LogP contribution in [0.2, 0.25) is 0 Å². The fraction of sp³-hybridized carbons (Fsp3) is 0.105. The fourth-order valence-electron chi connectivity index (χ4n) is 2.56. The highest BCUT2D eigenvalue weighted by Gasteiger charge is 2.25. The van der Waals surface area contributed by atoms with Gasteiger partial charge in [0, 0.05) is 36.3 Å². The summed E-state index contributed by atoms with van der Waals surface area (Å²) in [5, 5.41) is 3.03. The van der Waals surface area contributed by atoms with E-state index in [1.165, 1.54) is 11.5 Å². The molecular formula is C19H17N5O2S. The molecular weight excluding hydrogens is 362 g/mol. The van der Waals surface area contributed by atoms with Crippen LogP contribution in [0.4, 0.5) is 0 Å². The molecule has 8 heteroatoms. The Morgan fingerprint density at radius 2 is 1.96 bits per heavy atom. The van der Waals surface area contributed by atoms with Crippen molar-refractivity contribution in [3.8, 4) is 10.6 Å². The number of primary amides is 1. The Kier molecular flexibility index (Phi) is 5.68. The van der Waals surface area contributed by atoms with E-state index in [1.54, 1.807) is 36.9 Å². The van der Waals surface area contributed by atoms with Gasteiger partial charge in [0.05, 0.1) is 22.8 Å². The van der Waals surface area contributed by atoms with Gasteiger partial charge in [0.15, 0.2) is 0 Å². The number of pyridine rings is 2. The molecule has 0 fully saturated rings. The molecule has 0 saturated heterocycles. The first kappa shape index (κ1) is 18.4. The first-order valence-corrected chi connectivity index (χ1v) is 8.88. The molecule has 0 saturated carbocycles. The van der Waals surface area contributed by atoms with Gasteiger partial charge in [-0.25, -0.2) is 0 Å². The smallest absolute Gasteiger partial charge is 0.287 e. The Bertz CT molecular complexity index is 957. The molecule has 1 unspecified atom stereocenters. The van der Waals surface area contributed by atoms with Gasteiger partial charge < -0.3 is 11.1 Å². The van der Waals surface area contributed by atoms with E-state index in [0.29, 0.717) is 5.70 Å². The molecule has 0 aliphatic rings. The van der Waals surface area contributed by atoms with Gasteiger partial charge in [0.1, 0.15) is 0 Å². The summed E-state index contributed by atoms with van der Waals surface area (Å²) >= 11 is 1.28. The molecule has 7 nitrogen and oxygen atoms in total. The van der Waals surface area contributed by atoms with Crippen LogP contribution < -0.4 is 11.1 Å². The summed E-state index contributed by atoms with van der Waals surface area (Å²) in [6.45, 7) is 4.02. The third-order valence-electron chi connectivity index (χ3n) is 3.89. The van der Waals surface area contributed by atoms with Crippen molar-refractivity contribution in [3.05, 3.63) is 72.8 Å². The summed E-state index contributed by atoms with van der Waals surface area (Å²) in [7, 11) is 0. The third kappa shape index (κ3) is 4.42. The van der Waals surface area contributed by atoms with Crippen molar-refractivity contribution < 1.29 is 9.59 Å². The van der Waals surface area contributed by atoms with Gasteiger partial charge in [-0.3, -0.25) is 19.6 Å². The Labute approximate surface area is 160 Å². The number of rotatable bonds is 8. The number of ketones is 1. The molecule has 1 atom stereocenters. The van der Waals surface area contributed by atoms with Crippen molar-refractivity contribution in [3.63, 3.8) is 0 Å². The van der Waals surface area contributed by atoms with Crippen molar-refractivity contribution in [1.29, 1.82) is 0 Å². The van der Waals surface area contributed by atoms with Crippen LogP contribution in [0.3, 0.4) is 0 Å². The van der Waals surface area contributed by atoms with Gasteiger partial charge in [-0.1, -0.05) is 12.6 Å². The average Bonchev–Trinajstić information content (AvgIpc) is 3.18. The maximum absolute atomic E-state index is 12.3. The van der Waals surface area contributed by atoms with Gasteiger partial charge in [0.25, 0.3) is 5.91 Å². The summed E-state index contributed by atoms with van der Waals surface area (Å²) in [5.41, 5.74) is 8.00. The van der Waals surface area contributed by atoms with Crippen LogP contribution >= 0.6 is 11.5 Å². The van der Waals surface area contributed by atoms with Gasteiger partial charge in [-0.05, 0) is 41.4 Å². The maximum Gasteiger partial charge on any atom is 0.287 e. The maximum atomic E-state index is 12.3. The molecule has 3 heterocycles. The van der Waals surface area contributed by atoms with Gasteiger partial charge in [0.2, 0.25) is 5.78 Å². The Balaban J connectivity index is 1.84. The first-order chi connectivity index (χ1) is 13.1. The minimum Gasteiger partial charge on any atom is -0.374 e. The summed E-state index contributed by atoms with van der Waals surface area (Å²) in [5.74, 6) is -1.71. The molecule has 3 N–H and O–H groups in total. The molecule has 0 bridgehead atoms. The number of nitrogens with one attached hydrogen (secondary N) is 1. The van der Waals surface area contributed by atoms with Crippen LogP contribution in [0.15, 0.2) is 61.7 Å². The van der Waals surface area contributed by atoms with Crippen LogP contribution in [0.5, 0.6) is 0 Å². The van der Waals surface area contributed by atoms with Gasteiger partial charge >= 0.3 is 0 Å². The third-order valence-corrected chi connectivity index (χ3v) is 4.71. The molecule has 0 radical (unpaired) electrons. The number of nitrogens with zero attached hydrogens (tertiary/aromatic N) is 3. The lowest BCUT2D eigenvalue weighted by Gasteiger charge is -2.19. The molecule has 0 spiro atoms. The molecule has 0 aromatic carbocycles.